The topological polar surface area (TPSA) is 99.8 Å². The Morgan fingerprint density at radius 2 is 2.11 bits per heavy atom. The smallest absolute Gasteiger partial charge is 0.325 e. The van der Waals surface area contributed by atoms with Crippen molar-refractivity contribution in [2.24, 2.45) is 5.92 Å². The molecule has 0 bridgehead atoms. The molecule has 3 N–H and O–H groups in total. The number of amides is 4. The summed E-state index contributed by atoms with van der Waals surface area (Å²) in [5.74, 6) is -0.784. The second-order valence-corrected chi connectivity index (χ2v) is 7.26. The summed E-state index contributed by atoms with van der Waals surface area (Å²) in [5.41, 5.74) is 0.886. The number of imide groups is 1. The van der Waals surface area contributed by atoms with Gasteiger partial charge >= 0.3 is 6.03 Å². The molecule has 1 aromatic carbocycles. The number of carbonyl (C=O) groups is 3. The monoisotopic (exact) mass is 414 g/mol. The van der Waals surface area contributed by atoms with Crippen LogP contribution in [0, 0.1) is 5.92 Å². The van der Waals surface area contributed by atoms with E-state index < -0.39 is 11.9 Å². The minimum absolute atomic E-state index is 0.0391. The number of hydrogen-bond acceptors (Lipinski definition) is 5. The van der Waals surface area contributed by atoms with Crippen LogP contribution >= 0.6 is 23.2 Å². The fourth-order valence-electron chi connectivity index (χ4n) is 3.11. The summed E-state index contributed by atoms with van der Waals surface area (Å²) in [6.07, 6.45) is -0.258. The molecule has 146 valence electrons. The number of carbonyl (C=O) groups excluding carboxylic acids is 3. The number of nitrogens with one attached hydrogen (secondary N) is 3. The number of hydrogen-bond donors (Lipinski definition) is 3. The summed E-state index contributed by atoms with van der Waals surface area (Å²) >= 11 is 12.1. The van der Waals surface area contributed by atoms with Gasteiger partial charge in [0, 0.05) is 25.6 Å². The van der Waals surface area contributed by atoms with E-state index in [0.29, 0.717) is 36.3 Å². The van der Waals surface area contributed by atoms with Gasteiger partial charge in [0.1, 0.15) is 13.1 Å². The average molecular weight is 415 g/mol. The average Bonchev–Trinajstić information content (AvgIpc) is 2.82. The summed E-state index contributed by atoms with van der Waals surface area (Å²) in [6.45, 7) is 1.96. The maximum absolute atomic E-state index is 12.2. The van der Waals surface area contributed by atoms with Gasteiger partial charge in [0.15, 0.2) is 0 Å². The van der Waals surface area contributed by atoms with Crippen LogP contribution in [0.2, 0.25) is 10.0 Å². The van der Waals surface area contributed by atoms with Gasteiger partial charge in [-0.2, -0.15) is 0 Å². The van der Waals surface area contributed by atoms with Crippen LogP contribution in [0.3, 0.4) is 0 Å². The standard InChI is InChI=1S/C17H20Cl2N4O4/c18-12-2-1-10(5-13(12)19)16-11(6-20-3-4-27-16)7-21-14(24)8-23-9-15(25)22-17(23)26/h1-2,5,11,16,20H,3-4,6-9H2,(H,21,24)(H,22,25,26)/t11-,16-/m0/s1. The molecule has 4 amide bonds. The Kier molecular flexibility index (Phi) is 6.54. The SMILES string of the molecule is O=C(CN1CC(=O)NC1=O)NC[C@@H]1CNCCO[C@H]1c1ccc(Cl)c(Cl)c1. The highest BCUT2D eigenvalue weighted by Crippen LogP contribution is 2.31. The molecule has 2 aliphatic heterocycles. The van der Waals surface area contributed by atoms with Crippen LogP contribution in [0.1, 0.15) is 11.7 Å². The molecule has 10 heteroatoms. The molecule has 8 nitrogen and oxygen atoms in total. The van der Waals surface area contributed by atoms with E-state index in [2.05, 4.69) is 16.0 Å². The summed E-state index contributed by atoms with van der Waals surface area (Å²) in [6, 6.07) is 4.80. The summed E-state index contributed by atoms with van der Waals surface area (Å²) in [4.78, 5) is 36.1. The molecule has 0 spiro atoms. The number of halogens is 2. The van der Waals surface area contributed by atoms with Crippen LogP contribution < -0.4 is 16.0 Å². The van der Waals surface area contributed by atoms with Crippen LogP contribution in [-0.4, -0.2) is 62.1 Å². The third kappa shape index (κ3) is 5.10. The lowest BCUT2D eigenvalue weighted by atomic mass is 9.95. The highest BCUT2D eigenvalue weighted by atomic mass is 35.5. The normalized spacial score (nSPS) is 23.1. The minimum Gasteiger partial charge on any atom is -0.372 e. The van der Waals surface area contributed by atoms with Gasteiger partial charge < -0.3 is 20.3 Å². The first-order valence-corrected chi connectivity index (χ1v) is 9.32. The second kappa shape index (κ2) is 8.88. The van der Waals surface area contributed by atoms with E-state index in [1.165, 1.54) is 0 Å². The zero-order valence-electron chi connectivity index (χ0n) is 14.5. The molecule has 0 unspecified atom stereocenters. The van der Waals surface area contributed by atoms with Crippen molar-refractivity contribution in [1.29, 1.82) is 0 Å². The molecule has 2 atom stereocenters. The molecule has 2 aliphatic rings. The van der Waals surface area contributed by atoms with Crippen molar-refractivity contribution in [2.45, 2.75) is 6.10 Å². The van der Waals surface area contributed by atoms with Crippen molar-refractivity contribution in [3.63, 3.8) is 0 Å². The Morgan fingerprint density at radius 3 is 2.81 bits per heavy atom. The number of nitrogens with zero attached hydrogens (tertiary/aromatic N) is 1. The second-order valence-electron chi connectivity index (χ2n) is 6.44. The van der Waals surface area contributed by atoms with Gasteiger partial charge in [-0.25, -0.2) is 4.79 Å². The molecule has 1 aromatic rings. The van der Waals surface area contributed by atoms with Crippen molar-refractivity contribution in [3.8, 4) is 0 Å². The van der Waals surface area contributed by atoms with Crippen LogP contribution in [0.4, 0.5) is 4.79 Å². The first-order valence-electron chi connectivity index (χ1n) is 8.57. The molecule has 0 aromatic heterocycles. The lowest BCUT2D eigenvalue weighted by molar-refractivity contribution is -0.122. The van der Waals surface area contributed by atoms with Crippen molar-refractivity contribution < 1.29 is 19.1 Å². The Hall–Kier alpha value is -1.87. The Balaban J connectivity index is 1.61. The van der Waals surface area contributed by atoms with E-state index in [0.717, 1.165) is 10.5 Å². The van der Waals surface area contributed by atoms with Crippen LogP contribution in [0.25, 0.3) is 0 Å². The number of ether oxygens (including phenoxy) is 1. The van der Waals surface area contributed by atoms with Crippen molar-refractivity contribution in [2.75, 3.05) is 39.3 Å². The predicted octanol–water partition coefficient (Wildman–Crippen LogP) is 0.939. The van der Waals surface area contributed by atoms with Crippen LogP contribution in [0.5, 0.6) is 0 Å². The molecular weight excluding hydrogens is 395 g/mol. The van der Waals surface area contributed by atoms with Gasteiger partial charge in [-0.05, 0) is 17.7 Å². The van der Waals surface area contributed by atoms with E-state index in [9.17, 15) is 14.4 Å². The molecular formula is C17H20Cl2N4O4. The van der Waals surface area contributed by atoms with Crippen molar-refractivity contribution in [1.82, 2.24) is 20.9 Å². The first-order chi connectivity index (χ1) is 12.9. The van der Waals surface area contributed by atoms with Gasteiger partial charge in [0.05, 0.1) is 22.8 Å². The Morgan fingerprint density at radius 1 is 1.30 bits per heavy atom. The Bertz CT molecular complexity index is 746. The third-order valence-electron chi connectivity index (χ3n) is 4.45. The highest BCUT2D eigenvalue weighted by Gasteiger charge is 2.30. The lowest BCUT2D eigenvalue weighted by Crippen LogP contribution is -2.42. The molecule has 0 aliphatic carbocycles. The zero-order chi connectivity index (χ0) is 19.4. The fraction of sp³-hybridized carbons (Fsp3) is 0.471. The van der Waals surface area contributed by atoms with E-state index in [4.69, 9.17) is 27.9 Å². The van der Waals surface area contributed by atoms with Gasteiger partial charge in [0.25, 0.3) is 0 Å². The lowest BCUT2D eigenvalue weighted by Gasteiger charge is -2.26. The van der Waals surface area contributed by atoms with Crippen LogP contribution in [0.15, 0.2) is 18.2 Å². The van der Waals surface area contributed by atoms with Gasteiger partial charge in [-0.15, -0.1) is 0 Å². The Labute approximate surface area is 166 Å². The van der Waals surface area contributed by atoms with E-state index in [1.54, 1.807) is 12.1 Å². The highest BCUT2D eigenvalue weighted by molar-refractivity contribution is 6.42. The van der Waals surface area contributed by atoms with Gasteiger partial charge in [0.2, 0.25) is 11.8 Å². The summed E-state index contributed by atoms with van der Waals surface area (Å²) in [5, 5.41) is 9.15. The molecule has 0 saturated carbocycles. The molecule has 2 saturated heterocycles. The molecule has 27 heavy (non-hydrogen) atoms. The minimum atomic E-state index is -0.553. The van der Waals surface area contributed by atoms with E-state index in [1.807, 2.05) is 6.07 Å². The molecule has 3 rings (SSSR count). The summed E-state index contributed by atoms with van der Waals surface area (Å²) in [7, 11) is 0. The van der Waals surface area contributed by atoms with Crippen LogP contribution in [-0.2, 0) is 14.3 Å². The van der Waals surface area contributed by atoms with E-state index >= 15 is 0 Å². The molecule has 0 radical (unpaired) electrons. The zero-order valence-corrected chi connectivity index (χ0v) is 16.0. The number of urea groups is 1. The van der Waals surface area contributed by atoms with Gasteiger partial charge in [-0.1, -0.05) is 29.3 Å². The number of benzene rings is 1. The maximum atomic E-state index is 12.2. The predicted molar refractivity (Wildman–Crippen MR) is 99.6 cm³/mol. The summed E-state index contributed by atoms with van der Waals surface area (Å²) < 4.78 is 5.96. The van der Waals surface area contributed by atoms with Crippen molar-refractivity contribution in [3.05, 3.63) is 33.8 Å². The first kappa shape index (κ1) is 19.9. The maximum Gasteiger partial charge on any atom is 0.325 e. The molecule has 2 fully saturated rings. The largest absolute Gasteiger partial charge is 0.372 e. The quantitative estimate of drug-likeness (QED) is 0.622. The van der Waals surface area contributed by atoms with Crippen molar-refractivity contribution >= 4 is 41.0 Å². The number of rotatable bonds is 5. The fourth-order valence-corrected chi connectivity index (χ4v) is 3.42. The molecule has 2 heterocycles. The van der Waals surface area contributed by atoms with Gasteiger partial charge in [-0.3, -0.25) is 14.9 Å². The van der Waals surface area contributed by atoms with E-state index in [-0.39, 0.29) is 31.0 Å². The third-order valence-corrected chi connectivity index (χ3v) is 5.19.